The molecular weight excluding hydrogens is 707 g/mol. The number of fused-ring (bicyclic) bond motifs is 7. The van der Waals surface area contributed by atoms with Crippen LogP contribution in [0, 0.1) is 0 Å². The van der Waals surface area contributed by atoms with Crippen molar-refractivity contribution in [2.45, 2.75) is 19.3 Å². The molecule has 1 aromatic heterocycles. The summed E-state index contributed by atoms with van der Waals surface area (Å²) in [5, 5.41) is 5.08. The van der Waals surface area contributed by atoms with Gasteiger partial charge in [-0.25, -0.2) is 0 Å². The van der Waals surface area contributed by atoms with Gasteiger partial charge in [-0.05, 0) is 103 Å². The van der Waals surface area contributed by atoms with Crippen LogP contribution in [-0.4, -0.2) is 0 Å². The van der Waals surface area contributed by atoms with Gasteiger partial charge in [0.25, 0.3) is 0 Å². The molecule has 0 fully saturated rings. The van der Waals surface area contributed by atoms with Gasteiger partial charge >= 0.3 is 0 Å². The van der Waals surface area contributed by atoms with Crippen molar-refractivity contribution in [3.63, 3.8) is 0 Å². The van der Waals surface area contributed by atoms with Gasteiger partial charge in [-0.3, -0.25) is 0 Å². The summed E-state index contributed by atoms with van der Waals surface area (Å²) in [4.78, 5) is 2.50. The molecule has 1 aliphatic rings. The second-order valence-corrected chi connectivity index (χ2v) is 16.7. The fourth-order valence-electron chi connectivity index (χ4n) is 9.24. The van der Waals surface area contributed by atoms with E-state index in [1.165, 1.54) is 86.6 Å². The number of anilines is 3. The van der Waals surface area contributed by atoms with E-state index in [1.54, 1.807) is 0 Å². The highest BCUT2D eigenvalue weighted by Crippen LogP contribution is 2.53. The minimum Gasteiger partial charge on any atom is -0.310 e. The second kappa shape index (κ2) is 13.2. The van der Waals surface area contributed by atoms with Gasteiger partial charge < -0.3 is 4.90 Å². The van der Waals surface area contributed by atoms with Crippen LogP contribution >= 0.6 is 11.3 Å². The molecule has 0 radical (unpaired) electrons. The lowest BCUT2D eigenvalue weighted by molar-refractivity contribution is 0.660. The quantitative estimate of drug-likeness (QED) is 0.164. The molecule has 1 aliphatic carbocycles. The third-order valence-corrected chi connectivity index (χ3v) is 13.3. The minimum absolute atomic E-state index is 0.130. The fourth-order valence-corrected chi connectivity index (χ4v) is 10.5. The van der Waals surface area contributed by atoms with Gasteiger partial charge in [-0.2, -0.15) is 0 Å². The van der Waals surface area contributed by atoms with E-state index in [4.69, 9.17) is 0 Å². The van der Waals surface area contributed by atoms with Crippen LogP contribution in [0.3, 0.4) is 0 Å². The summed E-state index contributed by atoms with van der Waals surface area (Å²) in [5.74, 6) is 0. The first-order valence-corrected chi connectivity index (χ1v) is 20.6. The Labute approximate surface area is 337 Å². The predicted octanol–water partition coefficient (Wildman–Crippen LogP) is 16.0. The maximum atomic E-state index is 2.50. The van der Waals surface area contributed by atoms with Crippen molar-refractivity contribution in [2.24, 2.45) is 0 Å². The van der Waals surface area contributed by atoms with E-state index >= 15 is 0 Å². The highest BCUT2D eigenvalue weighted by atomic mass is 32.1. The lowest BCUT2D eigenvalue weighted by atomic mass is 9.82. The van der Waals surface area contributed by atoms with Gasteiger partial charge in [0.2, 0.25) is 0 Å². The van der Waals surface area contributed by atoms with Crippen molar-refractivity contribution in [3.8, 4) is 44.5 Å². The van der Waals surface area contributed by atoms with Crippen LogP contribution in [-0.2, 0) is 5.41 Å². The molecular formula is C55H39NS. The average Bonchev–Trinajstić information content (AvgIpc) is 3.76. The van der Waals surface area contributed by atoms with Crippen molar-refractivity contribution in [3.05, 3.63) is 211 Å². The fraction of sp³-hybridized carbons (Fsp3) is 0.0545. The van der Waals surface area contributed by atoms with Crippen LogP contribution in [0.25, 0.3) is 75.5 Å². The number of rotatable bonds is 6. The summed E-state index contributed by atoms with van der Waals surface area (Å²) in [6, 6.07) is 73.9. The van der Waals surface area contributed by atoms with Crippen LogP contribution in [0.4, 0.5) is 17.1 Å². The van der Waals surface area contributed by atoms with E-state index in [2.05, 4.69) is 219 Å². The van der Waals surface area contributed by atoms with Gasteiger partial charge in [0.1, 0.15) is 0 Å². The van der Waals surface area contributed by atoms with Gasteiger partial charge in [0.15, 0.2) is 0 Å². The van der Waals surface area contributed by atoms with Crippen LogP contribution in [0.5, 0.6) is 0 Å². The standard InChI is InChI=1S/C55H39NS/c1-55(2)49-22-12-10-20-45(49)46-31-30-42(35-50(46)55)56(41-28-26-38(27-29-41)44-19-9-8-18-43(44)37-15-4-3-5-16-37)51-33-32-48-47-21-11-13-23-52(47)57-54(48)53(51)40-25-24-36-14-6-7-17-39(36)34-40/h3-35H,1-2H3. The van der Waals surface area contributed by atoms with Crippen molar-refractivity contribution >= 4 is 59.3 Å². The van der Waals surface area contributed by atoms with Crippen molar-refractivity contribution in [1.82, 2.24) is 0 Å². The molecule has 0 unspecified atom stereocenters. The van der Waals surface area contributed by atoms with Crippen molar-refractivity contribution in [2.75, 3.05) is 4.90 Å². The van der Waals surface area contributed by atoms with E-state index in [-0.39, 0.29) is 5.41 Å². The van der Waals surface area contributed by atoms with E-state index < -0.39 is 0 Å². The Balaban J connectivity index is 1.16. The molecule has 0 amide bonds. The van der Waals surface area contributed by atoms with Crippen molar-refractivity contribution in [1.29, 1.82) is 0 Å². The lowest BCUT2D eigenvalue weighted by Gasteiger charge is -2.30. The molecule has 0 atom stereocenters. The molecule has 0 saturated carbocycles. The van der Waals surface area contributed by atoms with Crippen LogP contribution < -0.4 is 4.90 Å². The zero-order chi connectivity index (χ0) is 38.1. The number of thiophene rings is 1. The molecule has 11 rings (SSSR count). The SMILES string of the molecule is CC1(C)c2ccccc2-c2ccc(N(c3ccc(-c4ccccc4-c4ccccc4)cc3)c3ccc4c(sc5ccccc54)c3-c3ccc4ccccc4c3)cc21. The average molecular weight is 746 g/mol. The van der Waals surface area contributed by atoms with Crippen LogP contribution in [0.2, 0.25) is 0 Å². The molecule has 10 aromatic rings. The Morgan fingerprint density at radius 3 is 1.82 bits per heavy atom. The third-order valence-electron chi connectivity index (χ3n) is 12.1. The zero-order valence-corrected chi connectivity index (χ0v) is 32.7. The van der Waals surface area contributed by atoms with E-state index in [0.29, 0.717) is 0 Å². The number of benzene rings is 9. The monoisotopic (exact) mass is 745 g/mol. The molecule has 0 N–H and O–H groups in total. The Kier molecular flexibility index (Phi) is 7.77. The largest absolute Gasteiger partial charge is 0.310 e. The Bertz CT molecular complexity index is 3150. The molecule has 1 heterocycles. The molecule has 1 nitrogen and oxygen atoms in total. The molecule has 0 saturated heterocycles. The molecule has 0 bridgehead atoms. The molecule has 2 heteroatoms. The van der Waals surface area contributed by atoms with E-state index in [0.717, 1.165) is 17.1 Å². The van der Waals surface area contributed by atoms with Crippen LogP contribution in [0.1, 0.15) is 25.0 Å². The molecule has 9 aromatic carbocycles. The zero-order valence-electron chi connectivity index (χ0n) is 31.9. The van der Waals surface area contributed by atoms with Gasteiger partial charge in [-0.1, -0.05) is 172 Å². The Morgan fingerprint density at radius 1 is 0.404 bits per heavy atom. The minimum atomic E-state index is -0.130. The van der Waals surface area contributed by atoms with E-state index in [9.17, 15) is 0 Å². The normalized spacial score (nSPS) is 12.9. The molecule has 0 spiro atoms. The predicted molar refractivity (Wildman–Crippen MR) is 245 cm³/mol. The maximum absolute atomic E-state index is 2.50. The second-order valence-electron chi connectivity index (χ2n) is 15.7. The molecule has 0 aliphatic heterocycles. The maximum Gasteiger partial charge on any atom is 0.0554 e. The highest BCUT2D eigenvalue weighted by Gasteiger charge is 2.36. The summed E-state index contributed by atoms with van der Waals surface area (Å²) in [5.41, 5.74) is 16.0. The summed E-state index contributed by atoms with van der Waals surface area (Å²) in [6.45, 7) is 4.74. The molecule has 270 valence electrons. The van der Waals surface area contributed by atoms with Gasteiger partial charge in [-0.15, -0.1) is 11.3 Å². The number of nitrogens with zero attached hydrogens (tertiary/aromatic N) is 1. The van der Waals surface area contributed by atoms with Crippen LogP contribution in [0.15, 0.2) is 200 Å². The first kappa shape index (κ1) is 33.6. The number of hydrogen-bond donors (Lipinski definition) is 0. The van der Waals surface area contributed by atoms with Gasteiger partial charge in [0.05, 0.1) is 5.69 Å². The van der Waals surface area contributed by atoms with Crippen molar-refractivity contribution < 1.29 is 0 Å². The Hall–Kier alpha value is -6.74. The Morgan fingerprint density at radius 2 is 1.02 bits per heavy atom. The highest BCUT2D eigenvalue weighted by molar-refractivity contribution is 7.26. The smallest absolute Gasteiger partial charge is 0.0554 e. The van der Waals surface area contributed by atoms with Gasteiger partial charge in [0, 0.05) is 42.5 Å². The summed E-state index contributed by atoms with van der Waals surface area (Å²) < 4.78 is 2.60. The first-order valence-electron chi connectivity index (χ1n) is 19.8. The topological polar surface area (TPSA) is 3.24 Å². The first-order chi connectivity index (χ1) is 28.0. The number of hydrogen-bond acceptors (Lipinski definition) is 2. The third kappa shape index (κ3) is 5.44. The summed E-state index contributed by atoms with van der Waals surface area (Å²) in [7, 11) is 0. The molecule has 57 heavy (non-hydrogen) atoms. The summed E-state index contributed by atoms with van der Waals surface area (Å²) in [6.07, 6.45) is 0. The van der Waals surface area contributed by atoms with E-state index in [1.807, 2.05) is 11.3 Å². The lowest BCUT2D eigenvalue weighted by Crippen LogP contribution is -2.17. The summed E-state index contributed by atoms with van der Waals surface area (Å²) >= 11 is 1.89.